The van der Waals surface area contributed by atoms with Gasteiger partial charge in [-0.2, -0.15) is 5.10 Å². The Morgan fingerprint density at radius 1 is 1.22 bits per heavy atom. The number of benzene rings is 1. The van der Waals surface area contributed by atoms with Crippen molar-refractivity contribution in [2.45, 2.75) is 57.8 Å². The molecule has 0 spiro atoms. The summed E-state index contributed by atoms with van der Waals surface area (Å²) >= 11 is 0. The lowest BCUT2D eigenvalue weighted by Gasteiger charge is -2.61. The van der Waals surface area contributed by atoms with E-state index < -0.39 is 12.2 Å². The second-order valence-electron chi connectivity index (χ2n) is 10.9. The van der Waals surface area contributed by atoms with E-state index in [1.165, 1.54) is 4.90 Å². The maximum Gasteiger partial charge on any atom is 0.256 e. The molecule has 2 atom stereocenters. The summed E-state index contributed by atoms with van der Waals surface area (Å²) in [6, 6.07) is 6.72. The quantitative estimate of drug-likeness (QED) is 0.417. The van der Waals surface area contributed by atoms with Crippen molar-refractivity contribution in [3.63, 3.8) is 0 Å². The molecule has 2 bridgehead atoms. The molecular weight excluding hydrogens is 475 g/mol. The van der Waals surface area contributed by atoms with Crippen LogP contribution in [0.25, 0.3) is 16.5 Å². The van der Waals surface area contributed by atoms with Crippen LogP contribution in [0.5, 0.6) is 11.5 Å². The highest BCUT2D eigenvalue weighted by atomic mass is 19.1. The van der Waals surface area contributed by atoms with Gasteiger partial charge < -0.3 is 19.4 Å². The van der Waals surface area contributed by atoms with Crippen LogP contribution >= 0.6 is 0 Å². The first-order chi connectivity index (χ1) is 17.7. The minimum Gasteiger partial charge on any atom is -0.460 e. The summed E-state index contributed by atoms with van der Waals surface area (Å²) in [7, 11) is 0. The third kappa shape index (κ3) is 3.22. The van der Waals surface area contributed by atoms with Gasteiger partial charge in [-0.25, -0.2) is 8.91 Å². The van der Waals surface area contributed by atoms with Crippen molar-refractivity contribution in [1.29, 1.82) is 0 Å². The van der Waals surface area contributed by atoms with Gasteiger partial charge in [0.2, 0.25) is 0 Å². The molecule has 8 nitrogen and oxygen atoms in total. The Bertz CT molecular complexity index is 1600. The van der Waals surface area contributed by atoms with Gasteiger partial charge in [0.25, 0.3) is 11.8 Å². The van der Waals surface area contributed by atoms with Gasteiger partial charge in [-0.1, -0.05) is 0 Å². The number of carbonyl (C=O) groups excluding carboxylic acids is 2. The van der Waals surface area contributed by atoms with Crippen molar-refractivity contribution in [2.75, 3.05) is 6.54 Å². The van der Waals surface area contributed by atoms with E-state index in [4.69, 9.17) is 9.15 Å². The van der Waals surface area contributed by atoms with Crippen molar-refractivity contribution in [3.8, 4) is 11.5 Å². The van der Waals surface area contributed by atoms with E-state index in [2.05, 4.69) is 10.4 Å². The zero-order chi connectivity index (χ0) is 25.6. The fourth-order valence-electron chi connectivity index (χ4n) is 6.11. The fraction of sp³-hybridized carbons (Fsp3) is 0.393. The molecule has 4 heterocycles. The summed E-state index contributed by atoms with van der Waals surface area (Å²) in [5, 5.41) is 8.30. The standard InChI is InChI=1S/C28H27FN4O4/c1-14-20(27(35)32-13-21(29)15(32)2)12-33-25(14)22(6-7-30-33)37-18-4-5-19-23(8-18)36-16(3)24(19)26(34)31-28-9-17(10-28)11-28/h4-8,12,15,17,21H,9-11,13H2,1-3H3,(H,31,34). The highest BCUT2D eigenvalue weighted by molar-refractivity contribution is 6.08. The van der Waals surface area contributed by atoms with Crippen LogP contribution in [-0.2, 0) is 0 Å². The molecule has 1 N–H and O–H groups in total. The number of hydrogen-bond acceptors (Lipinski definition) is 5. The number of likely N-dealkylation sites (tertiary alicyclic amines) is 1. The van der Waals surface area contributed by atoms with Crippen LogP contribution in [0, 0.1) is 19.8 Å². The molecule has 9 heteroatoms. The number of nitrogens with zero attached hydrogens (tertiary/aromatic N) is 3. The molecule has 1 saturated heterocycles. The van der Waals surface area contributed by atoms with E-state index in [0.29, 0.717) is 45.0 Å². The first-order valence-electron chi connectivity index (χ1n) is 12.7. The topological polar surface area (TPSA) is 89.1 Å². The van der Waals surface area contributed by atoms with Crippen LogP contribution in [0.3, 0.4) is 0 Å². The summed E-state index contributed by atoms with van der Waals surface area (Å²) in [5.41, 5.74) is 2.97. The van der Waals surface area contributed by atoms with Crippen LogP contribution in [0.2, 0.25) is 0 Å². The molecule has 2 unspecified atom stereocenters. The first-order valence-corrected chi connectivity index (χ1v) is 12.7. The number of alkyl halides is 1. The molecule has 4 aromatic rings. The molecule has 3 saturated carbocycles. The summed E-state index contributed by atoms with van der Waals surface area (Å²) in [4.78, 5) is 27.6. The number of aryl methyl sites for hydroxylation is 2. The number of carbonyl (C=O) groups is 2. The number of ether oxygens (including phenoxy) is 1. The third-order valence-corrected chi connectivity index (χ3v) is 8.48. The van der Waals surface area contributed by atoms with Gasteiger partial charge in [-0.3, -0.25) is 9.59 Å². The van der Waals surface area contributed by atoms with E-state index in [1.807, 2.05) is 13.0 Å². The highest BCUT2D eigenvalue weighted by Crippen LogP contribution is 2.57. The zero-order valence-corrected chi connectivity index (χ0v) is 20.9. The minimum absolute atomic E-state index is 0.00980. The van der Waals surface area contributed by atoms with Crippen LogP contribution in [0.4, 0.5) is 4.39 Å². The molecule has 3 aliphatic carbocycles. The van der Waals surface area contributed by atoms with E-state index in [0.717, 1.165) is 30.6 Å². The SMILES string of the molecule is Cc1oc2cc(Oc3ccnn4cc(C(=O)N5CC(F)C5C)c(C)c34)ccc2c1C(=O)NC12CC(C1)C2. The minimum atomic E-state index is -0.992. The number of halogens is 1. The fourth-order valence-corrected chi connectivity index (χ4v) is 6.11. The van der Waals surface area contributed by atoms with Gasteiger partial charge in [-0.15, -0.1) is 0 Å². The van der Waals surface area contributed by atoms with Crippen LogP contribution in [-0.4, -0.2) is 50.6 Å². The molecule has 1 aromatic carbocycles. The van der Waals surface area contributed by atoms with Crippen LogP contribution < -0.4 is 10.1 Å². The lowest BCUT2D eigenvalue weighted by atomic mass is 9.50. The van der Waals surface area contributed by atoms with E-state index >= 15 is 0 Å². The van der Waals surface area contributed by atoms with Crippen molar-refractivity contribution in [3.05, 3.63) is 59.1 Å². The molecule has 190 valence electrons. The zero-order valence-electron chi connectivity index (χ0n) is 20.9. The molecule has 4 fully saturated rings. The lowest BCUT2D eigenvalue weighted by Crippen LogP contribution is -2.68. The van der Waals surface area contributed by atoms with Crippen LogP contribution in [0.15, 0.2) is 41.1 Å². The smallest absolute Gasteiger partial charge is 0.256 e. The number of nitrogens with one attached hydrogen (secondary N) is 1. The normalized spacial score (nSPS) is 25.9. The Kier molecular flexibility index (Phi) is 4.57. The predicted octanol–water partition coefficient (Wildman–Crippen LogP) is 4.95. The van der Waals surface area contributed by atoms with E-state index in [9.17, 15) is 14.0 Å². The molecule has 8 rings (SSSR count). The Morgan fingerprint density at radius 3 is 2.68 bits per heavy atom. The van der Waals surface area contributed by atoms with E-state index in [-0.39, 0.29) is 23.9 Å². The highest BCUT2D eigenvalue weighted by Gasteiger charge is 2.57. The average molecular weight is 503 g/mol. The molecule has 4 aliphatic rings. The number of fused-ring (bicyclic) bond motifs is 2. The van der Waals surface area contributed by atoms with Gasteiger partial charge in [-0.05, 0) is 63.6 Å². The summed E-state index contributed by atoms with van der Waals surface area (Å²) < 4.78 is 27.4. The Balaban J connectivity index is 1.18. The van der Waals surface area contributed by atoms with Crippen molar-refractivity contribution >= 4 is 28.3 Å². The second-order valence-corrected chi connectivity index (χ2v) is 10.9. The predicted molar refractivity (Wildman–Crippen MR) is 134 cm³/mol. The number of amides is 2. The molecular formula is C28H27FN4O4. The second kappa shape index (κ2) is 7.57. The van der Waals surface area contributed by atoms with Crippen molar-refractivity contribution in [1.82, 2.24) is 19.8 Å². The molecule has 0 radical (unpaired) electrons. The van der Waals surface area contributed by atoms with Gasteiger partial charge in [0.05, 0.1) is 29.9 Å². The number of furan rings is 1. The third-order valence-electron chi connectivity index (χ3n) is 8.48. The van der Waals surface area contributed by atoms with Crippen LogP contribution in [0.1, 0.15) is 58.2 Å². The molecule has 2 amide bonds. The lowest BCUT2D eigenvalue weighted by molar-refractivity contribution is -0.0438. The van der Waals surface area contributed by atoms with Gasteiger partial charge in [0.15, 0.2) is 5.75 Å². The van der Waals surface area contributed by atoms with Gasteiger partial charge in [0, 0.05) is 29.3 Å². The van der Waals surface area contributed by atoms with Crippen molar-refractivity contribution < 1.29 is 23.1 Å². The Morgan fingerprint density at radius 2 is 2.00 bits per heavy atom. The first kappa shape index (κ1) is 22.3. The Hall–Kier alpha value is -3.88. The number of hydrogen-bond donors (Lipinski definition) is 1. The summed E-state index contributed by atoms with van der Waals surface area (Å²) in [6.07, 6.45) is 5.49. The maximum atomic E-state index is 13.7. The number of rotatable bonds is 5. The summed E-state index contributed by atoms with van der Waals surface area (Å²) in [6.45, 7) is 5.45. The largest absolute Gasteiger partial charge is 0.460 e. The molecule has 37 heavy (non-hydrogen) atoms. The monoisotopic (exact) mass is 502 g/mol. The average Bonchev–Trinajstić information content (AvgIpc) is 3.34. The summed E-state index contributed by atoms with van der Waals surface area (Å²) in [5.74, 6) is 2.11. The Labute approximate surface area is 212 Å². The van der Waals surface area contributed by atoms with Gasteiger partial charge >= 0.3 is 0 Å². The van der Waals surface area contributed by atoms with E-state index in [1.54, 1.807) is 49.0 Å². The molecule has 1 aliphatic heterocycles. The van der Waals surface area contributed by atoms with Gasteiger partial charge in [0.1, 0.15) is 28.8 Å². The van der Waals surface area contributed by atoms with Crippen molar-refractivity contribution in [2.24, 2.45) is 5.92 Å². The maximum absolute atomic E-state index is 13.7. The molecule has 3 aromatic heterocycles. The number of aromatic nitrogens is 2.